The molecule has 144 valence electrons. The van der Waals surface area contributed by atoms with Crippen molar-refractivity contribution in [1.82, 2.24) is 4.98 Å². The summed E-state index contributed by atoms with van der Waals surface area (Å²) in [6, 6.07) is 11.1. The molecular weight excluding hydrogens is 367 g/mol. The zero-order valence-corrected chi connectivity index (χ0v) is 15.3. The topological polar surface area (TPSA) is 54.0 Å². The summed E-state index contributed by atoms with van der Waals surface area (Å²) in [5.41, 5.74) is 2.25. The van der Waals surface area contributed by atoms with E-state index in [-0.39, 0.29) is 5.56 Å². The molecule has 1 amide bonds. The van der Waals surface area contributed by atoms with Crippen molar-refractivity contribution in [3.05, 3.63) is 83.4 Å². The number of halogens is 3. The van der Waals surface area contributed by atoms with Crippen LogP contribution in [0.2, 0.25) is 0 Å². The van der Waals surface area contributed by atoms with Crippen molar-refractivity contribution in [2.75, 3.05) is 10.6 Å². The van der Waals surface area contributed by atoms with E-state index in [1.54, 1.807) is 0 Å². The Morgan fingerprint density at radius 1 is 0.929 bits per heavy atom. The molecule has 3 aromatic rings. The third kappa shape index (κ3) is 4.31. The summed E-state index contributed by atoms with van der Waals surface area (Å²) >= 11 is 0. The van der Waals surface area contributed by atoms with Crippen LogP contribution in [0.1, 0.15) is 35.7 Å². The first-order chi connectivity index (χ1) is 13.3. The Morgan fingerprint density at radius 3 is 2.32 bits per heavy atom. The summed E-state index contributed by atoms with van der Waals surface area (Å²) in [6.07, 6.45) is 2.82. The molecule has 7 heteroatoms. The Hall–Kier alpha value is -3.35. The minimum Gasteiger partial charge on any atom is -0.354 e. The molecule has 0 atom stereocenters. The van der Waals surface area contributed by atoms with Gasteiger partial charge in [0.2, 0.25) is 0 Å². The molecule has 0 spiro atoms. The molecule has 0 bridgehead atoms. The lowest BCUT2D eigenvalue weighted by atomic mass is 10.0. The normalized spacial score (nSPS) is 10.8. The first kappa shape index (κ1) is 19.4. The van der Waals surface area contributed by atoms with E-state index < -0.39 is 29.0 Å². The second-order valence-electron chi connectivity index (χ2n) is 6.54. The number of carbonyl (C=O) groups excluding carboxylic acids is 1. The van der Waals surface area contributed by atoms with Gasteiger partial charge >= 0.3 is 0 Å². The first-order valence-corrected chi connectivity index (χ1v) is 8.62. The predicted molar refractivity (Wildman–Crippen MR) is 102 cm³/mol. The maximum atomic E-state index is 13.7. The first-order valence-electron chi connectivity index (χ1n) is 8.62. The minimum absolute atomic E-state index is 0.132. The van der Waals surface area contributed by atoms with Crippen molar-refractivity contribution < 1.29 is 18.0 Å². The number of anilines is 3. The molecule has 4 nitrogen and oxygen atoms in total. The SMILES string of the molecule is CC(C)c1ccc(Nc2cncc(C(=O)Nc3ccc(F)c(F)c3F)c2)cc1. The van der Waals surface area contributed by atoms with E-state index >= 15 is 0 Å². The van der Waals surface area contributed by atoms with Gasteiger partial charge in [-0.1, -0.05) is 26.0 Å². The summed E-state index contributed by atoms with van der Waals surface area (Å²) in [4.78, 5) is 16.3. The number of hydrogen-bond acceptors (Lipinski definition) is 3. The van der Waals surface area contributed by atoms with Crippen LogP contribution in [-0.4, -0.2) is 10.9 Å². The highest BCUT2D eigenvalue weighted by atomic mass is 19.2. The van der Waals surface area contributed by atoms with Gasteiger partial charge in [-0.2, -0.15) is 0 Å². The Labute approximate surface area is 160 Å². The van der Waals surface area contributed by atoms with Gasteiger partial charge < -0.3 is 10.6 Å². The van der Waals surface area contributed by atoms with Crippen molar-refractivity contribution in [2.24, 2.45) is 0 Å². The molecule has 2 aromatic carbocycles. The van der Waals surface area contributed by atoms with E-state index in [0.29, 0.717) is 11.6 Å². The van der Waals surface area contributed by atoms with Gasteiger partial charge in [0.05, 0.1) is 23.1 Å². The number of benzene rings is 2. The summed E-state index contributed by atoms with van der Waals surface area (Å²) in [5, 5.41) is 5.35. The average molecular weight is 385 g/mol. The van der Waals surface area contributed by atoms with E-state index in [1.807, 2.05) is 24.3 Å². The van der Waals surface area contributed by atoms with Gasteiger partial charge in [-0.15, -0.1) is 0 Å². The highest BCUT2D eigenvalue weighted by Gasteiger charge is 2.16. The largest absolute Gasteiger partial charge is 0.354 e. The lowest BCUT2D eigenvalue weighted by Crippen LogP contribution is -2.14. The fourth-order valence-corrected chi connectivity index (χ4v) is 2.57. The summed E-state index contributed by atoms with van der Waals surface area (Å²) in [5.74, 6) is -4.71. The third-order valence-electron chi connectivity index (χ3n) is 4.15. The predicted octanol–water partition coefficient (Wildman–Crippen LogP) is 5.62. The fourth-order valence-electron chi connectivity index (χ4n) is 2.57. The highest BCUT2D eigenvalue weighted by Crippen LogP contribution is 2.22. The number of carbonyl (C=O) groups is 1. The van der Waals surface area contributed by atoms with Crippen LogP contribution in [0.3, 0.4) is 0 Å². The van der Waals surface area contributed by atoms with Gasteiger partial charge in [0.1, 0.15) is 0 Å². The Morgan fingerprint density at radius 2 is 1.64 bits per heavy atom. The quantitative estimate of drug-likeness (QED) is 0.561. The second kappa shape index (κ2) is 8.12. The van der Waals surface area contributed by atoms with Gasteiger partial charge in [0.25, 0.3) is 5.91 Å². The van der Waals surface area contributed by atoms with Gasteiger partial charge in [0, 0.05) is 11.9 Å². The lowest BCUT2D eigenvalue weighted by molar-refractivity contribution is 0.102. The molecule has 0 aliphatic rings. The van der Waals surface area contributed by atoms with E-state index in [9.17, 15) is 18.0 Å². The molecule has 3 rings (SSSR count). The molecule has 0 saturated carbocycles. The molecule has 0 aliphatic carbocycles. The monoisotopic (exact) mass is 385 g/mol. The Kier molecular flexibility index (Phi) is 5.63. The average Bonchev–Trinajstić information content (AvgIpc) is 2.69. The molecule has 0 unspecified atom stereocenters. The van der Waals surface area contributed by atoms with Crippen LogP contribution >= 0.6 is 0 Å². The summed E-state index contributed by atoms with van der Waals surface area (Å²) < 4.78 is 40.0. The van der Waals surface area contributed by atoms with Crippen molar-refractivity contribution >= 4 is 23.0 Å². The van der Waals surface area contributed by atoms with Crippen molar-refractivity contribution in [3.8, 4) is 0 Å². The highest BCUT2D eigenvalue weighted by molar-refractivity contribution is 6.04. The van der Waals surface area contributed by atoms with Gasteiger partial charge in [-0.3, -0.25) is 9.78 Å². The molecule has 28 heavy (non-hydrogen) atoms. The zero-order chi connectivity index (χ0) is 20.3. The summed E-state index contributed by atoms with van der Waals surface area (Å²) in [6.45, 7) is 4.20. The molecule has 1 aromatic heterocycles. The van der Waals surface area contributed by atoms with Crippen LogP contribution in [0.5, 0.6) is 0 Å². The van der Waals surface area contributed by atoms with Crippen LogP contribution in [0.25, 0.3) is 0 Å². The zero-order valence-electron chi connectivity index (χ0n) is 15.3. The van der Waals surface area contributed by atoms with Gasteiger partial charge in [-0.25, -0.2) is 13.2 Å². The standard InChI is InChI=1S/C21H18F3N3O/c1-12(2)13-3-5-15(6-4-13)26-16-9-14(10-25-11-16)21(28)27-18-8-7-17(22)19(23)20(18)24/h3-12,26H,1-2H3,(H,27,28). The number of hydrogen-bond donors (Lipinski definition) is 2. The van der Waals surface area contributed by atoms with Crippen LogP contribution in [0.4, 0.5) is 30.2 Å². The summed E-state index contributed by atoms with van der Waals surface area (Å²) in [7, 11) is 0. The van der Waals surface area contributed by atoms with E-state index in [4.69, 9.17) is 0 Å². The van der Waals surface area contributed by atoms with E-state index in [2.05, 4.69) is 29.5 Å². The number of nitrogens with one attached hydrogen (secondary N) is 2. The molecule has 0 saturated heterocycles. The third-order valence-corrected chi connectivity index (χ3v) is 4.15. The van der Waals surface area contributed by atoms with Gasteiger partial charge in [-0.05, 0) is 41.8 Å². The molecule has 1 heterocycles. The molecule has 0 radical (unpaired) electrons. The molecule has 0 fully saturated rings. The number of nitrogens with zero attached hydrogens (tertiary/aromatic N) is 1. The smallest absolute Gasteiger partial charge is 0.257 e. The Balaban J connectivity index is 1.75. The van der Waals surface area contributed by atoms with Crippen LogP contribution in [0.15, 0.2) is 54.9 Å². The number of aromatic nitrogens is 1. The Bertz CT molecular complexity index is 1000. The number of rotatable bonds is 5. The van der Waals surface area contributed by atoms with Crippen LogP contribution < -0.4 is 10.6 Å². The fraction of sp³-hybridized carbons (Fsp3) is 0.143. The molecular formula is C21H18F3N3O. The van der Waals surface area contributed by atoms with Crippen LogP contribution in [-0.2, 0) is 0 Å². The maximum Gasteiger partial charge on any atom is 0.257 e. The lowest BCUT2D eigenvalue weighted by Gasteiger charge is -2.11. The van der Waals surface area contributed by atoms with Gasteiger partial charge in [0.15, 0.2) is 17.5 Å². The number of amides is 1. The van der Waals surface area contributed by atoms with Crippen molar-refractivity contribution in [3.63, 3.8) is 0 Å². The van der Waals surface area contributed by atoms with Crippen LogP contribution in [0, 0.1) is 17.5 Å². The molecule has 0 aliphatic heterocycles. The number of pyridine rings is 1. The van der Waals surface area contributed by atoms with Crippen molar-refractivity contribution in [1.29, 1.82) is 0 Å². The van der Waals surface area contributed by atoms with E-state index in [1.165, 1.54) is 24.0 Å². The molecule has 2 N–H and O–H groups in total. The van der Waals surface area contributed by atoms with Crippen molar-refractivity contribution in [2.45, 2.75) is 19.8 Å². The minimum atomic E-state index is -1.64. The maximum absolute atomic E-state index is 13.7. The second-order valence-corrected chi connectivity index (χ2v) is 6.54. The van der Waals surface area contributed by atoms with E-state index in [0.717, 1.165) is 17.8 Å².